The number of halogens is 1. The Morgan fingerprint density at radius 1 is 1.12 bits per heavy atom. The molecule has 0 saturated heterocycles. The molecular formula is C18H14ClN3O3. The van der Waals surface area contributed by atoms with Crippen molar-refractivity contribution in [2.75, 3.05) is 0 Å². The van der Waals surface area contributed by atoms with Crippen molar-refractivity contribution in [3.8, 4) is 11.3 Å². The third-order valence-corrected chi connectivity index (χ3v) is 4.02. The van der Waals surface area contributed by atoms with Gasteiger partial charge in [0, 0.05) is 28.3 Å². The molecule has 0 spiro atoms. The number of hydrogen-bond donors (Lipinski definition) is 0. The zero-order valence-corrected chi connectivity index (χ0v) is 14.1. The zero-order valence-electron chi connectivity index (χ0n) is 13.3. The van der Waals surface area contributed by atoms with Gasteiger partial charge in [0.1, 0.15) is 0 Å². The summed E-state index contributed by atoms with van der Waals surface area (Å²) in [5.74, 6) is 0. The predicted octanol–water partition coefficient (Wildman–Crippen LogP) is 3.83. The lowest BCUT2D eigenvalue weighted by atomic mass is 10.1. The van der Waals surface area contributed by atoms with Crippen LogP contribution in [0.1, 0.15) is 11.1 Å². The molecule has 126 valence electrons. The van der Waals surface area contributed by atoms with Crippen molar-refractivity contribution < 1.29 is 4.92 Å². The van der Waals surface area contributed by atoms with Crippen LogP contribution in [-0.2, 0) is 6.54 Å². The number of nitrogens with zero attached hydrogens (tertiary/aromatic N) is 3. The number of nitro benzene ring substituents is 1. The Hall–Kier alpha value is -2.99. The molecule has 0 N–H and O–H groups in total. The van der Waals surface area contributed by atoms with E-state index >= 15 is 0 Å². The normalized spacial score (nSPS) is 10.6. The van der Waals surface area contributed by atoms with E-state index in [0.717, 1.165) is 5.56 Å². The summed E-state index contributed by atoms with van der Waals surface area (Å²) in [6.45, 7) is 2.04. The summed E-state index contributed by atoms with van der Waals surface area (Å²) < 4.78 is 1.38. The maximum Gasteiger partial charge on any atom is 0.270 e. The molecule has 0 atom stereocenters. The Morgan fingerprint density at radius 2 is 1.76 bits per heavy atom. The van der Waals surface area contributed by atoms with E-state index in [9.17, 15) is 14.9 Å². The summed E-state index contributed by atoms with van der Waals surface area (Å²) in [5, 5.41) is 15.8. The van der Waals surface area contributed by atoms with Gasteiger partial charge < -0.3 is 0 Å². The van der Waals surface area contributed by atoms with Gasteiger partial charge in [-0.2, -0.15) is 5.10 Å². The van der Waals surface area contributed by atoms with Crippen LogP contribution in [0.3, 0.4) is 0 Å². The molecule has 0 fully saturated rings. The van der Waals surface area contributed by atoms with Crippen LogP contribution in [0.4, 0.5) is 5.69 Å². The molecule has 0 aliphatic heterocycles. The topological polar surface area (TPSA) is 78.0 Å². The average molecular weight is 356 g/mol. The van der Waals surface area contributed by atoms with E-state index in [4.69, 9.17) is 11.6 Å². The molecular weight excluding hydrogens is 342 g/mol. The second-order valence-electron chi connectivity index (χ2n) is 5.61. The number of rotatable bonds is 4. The first-order chi connectivity index (χ1) is 11.9. The van der Waals surface area contributed by atoms with Crippen molar-refractivity contribution in [1.29, 1.82) is 0 Å². The number of benzene rings is 2. The lowest BCUT2D eigenvalue weighted by Crippen LogP contribution is -2.25. The van der Waals surface area contributed by atoms with Crippen LogP contribution in [-0.4, -0.2) is 14.7 Å². The summed E-state index contributed by atoms with van der Waals surface area (Å²) in [7, 11) is 0. The second-order valence-corrected chi connectivity index (χ2v) is 6.04. The van der Waals surface area contributed by atoms with Crippen molar-refractivity contribution in [3.05, 3.63) is 91.2 Å². The van der Waals surface area contributed by atoms with Gasteiger partial charge in [0.05, 0.1) is 17.2 Å². The minimum atomic E-state index is -0.454. The van der Waals surface area contributed by atoms with Gasteiger partial charge in [-0.05, 0) is 42.8 Å². The molecule has 0 bridgehead atoms. The van der Waals surface area contributed by atoms with Crippen molar-refractivity contribution in [2.45, 2.75) is 13.5 Å². The van der Waals surface area contributed by atoms with E-state index in [1.807, 2.05) is 12.1 Å². The molecule has 0 aliphatic rings. The first kappa shape index (κ1) is 16.9. The number of aryl methyl sites for hydroxylation is 1. The molecule has 1 aromatic heterocycles. The fourth-order valence-corrected chi connectivity index (χ4v) is 2.57. The van der Waals surface area contributed by atoms with Gasteiger partial charge in [0.25, 0.3) is 11.2 Å². The van der Waals surface area contributed by atoms with Crippen LogP contribution in [0, 0.1) is 17.0 Å². The highest BCUT2D eigenvalue weighted by Gasteiger charge is 2.10. The van der Waals surface area contributed by atoms with Crippen LogP contribution >= 0.6 is 11.6 Å². The molecule has 3 aromatic rings. The summed E-state index contributed by atoms with van der Waals surface area (Å²) in [4.78, 5) is 22.7. The van der Waals surface area contributed by atoms with Crippen LogP contribution in [0.5, 0.6) is 0 Å². The quantitative estimate of drug-likeness (QED) is 0.526. The lowest BCUT2D eigenvalue weighted by molar-refractivity contribution is -0.384. The van der Waals surface area contributed by atoms with Gasteiger partial charge in [0.15, 0.2) is 0 Å². The third kappa shape index (κ3) is 3.75. The molecule has 25 heavy (non-hydrogen) atoms. The molecule has 2 aromatic carbocycles. The average Bonchev–Trinajstić information content (AvgIpc) is 2.60. The van der Waals surface area contributed by atoms with Crippen LogP contribution in [0.25, 0.3) is 11.3 Å². The van der Waals surface area contributed by atoms with Crippen molar-refractivity contribution in [1.82, 2.24) is 9.78 Å². The summed E-state index contributed by atoms with van der Waals surface area (Å²) in [6, 6.07) is 15.0. The fourth-order valence-electron chi connectivity index (χ4n) is 2.44. The number of aromatic nitrogens is 2. The molecule has 6 nitrogen and oxygen atoms in total. The van der Waals surface area contributed by atoms with Crippen LogP contribution < -0.4 is 5.56 Å². The van der Waals surface area contributed by atoms with Crippen LogP contribution in [0.15, 0.2) is 59.4 Å². The second kappa shape index (κ2) is 6.86. The first-order valence-corrected chi connectivity index (χ1v) is 7.90. The summed E-state index contributed by atoms with van der Waals surface area (Å²) >= 11 is 5.88. The third-order valence-electron chi connectivity index (χ3n) is 3.77. The number of non-ortho nitro benzene ring substituents is 1. The molecule has 3 rings (SSSR count). The van der Waals surface area contributed by atoms with E-state index in [1.165, 1.54) is 16.8 Å². The monoisotopic (exact) mass is 355 g/mol. The SMILES string of the molecule is Cc1cc(-c2ccc([N+](=O)[O-])cc2)nn(Cc2ccc(Cl)cc2)c1=O. The number of nitro groups is 1. The van der Waals surface area contributed by atoms with Crippen molar-refractivity contribution >= 4 is 17.3 Å². The molecule has 0 amide bonds. The van der Waals surface area contributed by atoms with E-state index in [1.54, 1.807) is 37.3 Å². The van der Waals surface area contributed by atoms with E-state index in [-0.39, 0.29) is 11.2 Å². The zero-order chi connectivity index (χ0) is 18.0. The highest BCUT2D eigenvalue weighted by Crippen LogP contribution is 2.20. The Kier molecular flexibility index (Phi) is 4.63. The summed E-state index contributed by atoms with van der Waals surface area (Å²) in [5.41, 5.74) is 2.58. The molecule has 7 heteroatoms. The van der Waals surface area contributed by atoms with Crippen molar-refractivity contribution in [2.24, 2.45) is 0 Å². The molecule has 1 heterocycles. The number of hydrogen-bond acceptors (Lipinski definition) is 4. The Morgan fingerprint density at radius 3 is 2.36 bits per heavy atom. The standard InChI is InChI=1S/C18H14ClN3O3/c1-12-10-17(14-4-8-16(9-5-14)22(24)25)20-21(18(12)23)11-13-2-6-15(19)7-3-13/h2-10H,11H2,1H3. The summed E-state index contributed by atoms with van der Waals surface area (Å²) in [6.07, 6.45) is 0. The van der Waals surface area contributed by atoms with Gasteiger partial charge in [-0.15, -0.1) is 0 Å². The molecule has 0 aliphatic carbocycles. The van der Waals surface area contributed by atoms with Gasteiger partial charge >= 0.3 is 0 Å². The van der Waals surface area contributed by atoms with Gasteiger partial charge in [0.2, 0.25) is 0 Å². The minimum Gasteiger partial charge on any atom is -0.268 e. The highest BCUT2D eigenvalue weighted by atomic mass is 35.5. The van der Waals surface area contributed by atoms with E-state index in [2.05, 4.69) is 5.10 Å². The van der Waals surface area contributed by atoms with Gasteiger partial charge in [-0.1, -0.05) is 23.7 Å². The lowest BCUT2D eigenvalue weighted by Gasteiger charge is -2.09. The Balaban J connectivity index is 1.98. The maximum absolute atomic E-state index is 12.4. The fraction of sp³-hybridized carbons (Fsp3) is 0.111. The van der Waals surface area contributed by atoms with Crippen LogP contribution in [0.2, 0.25) is 5.02 Å². The largest absolute Gasteiger partial charge is 0.270 e. The van der Waals surface area contributed by atoms with Gasteiger partial charge in [-0.3, -0.25) is 14.9 Å². The minimum absolute atomic E-state index is 0.00922. The van der Waals surface area contributed by atoms with Gasteiger partial charge in [-0.25, -0.2) is 4.68 Å². The van der Waals surface area contributed by atoms with Crippen molar-refractivity contribution in [3.63, 3.8) is 0 Å². The van der Waals surface area contributed by atoms with E-state index in [0.29, 0.717) is 28.4 Å². The smallest absolute Gasteiger partial charge is 0.268 e. The molecule has 0 unspecified atom stereocenters. The highest BCUT2D eigenvalue weighted by molar-refractivity contribution is 6.30. The predicted molar refractivity (Wildman–Crippen MR) is 95.9 cm³/mol. The molecule has 0 radical (unpaired) electrons. The Bertz CT molecular complexity index is 980. The molecule has 0 saturated carbocycles. The maximum atomic E-state index is 12.4. The Labute approximate surface area is 148 Å². The first-order valence-electron chi connectivity index (χ1n) is 7.52. The van der Waals surface area contributed by atoms with E-state index < -0.39 is 4.92 Å².